The van der Waals surface area contributed by atoms with Crippen molar-refractivity contribution in [2.75, 3.05) is 26.2 Å². The van der Waals surface area contributed by atoms with Gasteiger partial charge in [-0.3, -0.25) is 0 Å². The van der Waals surface area contributed by atoms with Crippen LogP contribution < -0.4 is 0 Å². The van der Waals surface area contributed by atoms with Crippen molar-refractivity contribution in [3.05, 3.63) is 0 Å². The second-order valence-electron chi connectivity index (χ2n) is 3.67. The fourth-order valence-corrected chi connectivity index (χ4v) is 1.40. The summed E-state index contributed by atoms with van der Waals surface area (Å²) in [5.41, 5.74) is 0. The Labute approximate surface area is 95.6 Å². The Bertz CT molecular complexity index is 135. The molecular weight excluding hydrogens is 215 g/mol. The van der Waals surface area contributed by atoms with Crippen molar-refractivity contribution < 1.29 is 25.5 Å². The molecule has 2 rings (SSSR count). The second kappa shape index (κ2) is 9.97. The molecule has 2 aliphatic rings. The summed E-state index contributed by atoms with van der Waals surface area (Å²) >= 11 is 0. The molecule has 2 fully saturated rings. The summed E-state index contributed by atoms with van der Waals surface area (Å²) in [5, 5.41) is 41.3. The SMILES string of the molecule is OB(O)O.ON1CCCC1.ON1CCCC1. The minimum Gasteiger partial charge on any atom is -0.402 e. The molecule has 8 heteroatoms. The number of hydrogen-bond acceptors (Lipinski definition) is 7. The Kier molecular flexibility index (Phi) is 9.84. The van der Waals surface area contributed by atoms with Gasteiger partial charge in [0, 0.05) is 26.2 Å². The predicted molar refractivity (Wildman–Crippen MR) is 57.6 cm³/mol. The van der Waals surface area contributed by atoms with Crippen molar-refractivity contribution >= 4 is 7.32 Å². The highest BCUT2D eigenvalue weighted by atomic mass is 16.5. The van der Waals surface area contributed by atoms with E-state index in [1.54, 1.807) is 0 Å². The monoisotopic (exact) mass is 236 g/mol. The van der Waals surface area contributed by atoms with Crippen LogP contribution in [0.2, 0.25) is 0 Å². The highest BCUT2D eigenvalue weighted by Gasteiger charge is 2.06. The Morgan fingerprint density at radius 3 is 0.875 bits per heavy atom. The summed E-state index contributed by atoms with van der Waals surface area (Å²) in [5.74, 6) is 0. The number of hydrogen-bond donors (Lipinski definition) is 5. The summed E-state index contributed by atoms with van der Waals surface area (Å²) < 4.78 is 0. The van der Waals surface area contributed by atoms with E-state index in [-0.39, 0.29) is 0 Å². The van der Waals surface area contributed by atoms with E-state index in [1.807, 2.05) is 0 Å². The lowest BCUT2D eigenvalue weighted by atomic mass is 10.3. The lowest BCUT2D eigenvalue weighted by molar-refractivity contribution is -0.0680. The maximum absolute atomic E-state index is 8.56. The molecule has 5 N–H and O–H groups in total. The molecule has 0 aromatic rings. The van der Waals surface area contributed by atoms with E-state index in [0.717, 1.165) is 51.9 Å². The quantitative estimate of drug-likeness (QED) is 0.339. The van der Waals surface area contributed by atoms with E-state index in [9.17, 15) is 0 Å². The van der Waals surface area contributed by atoms with E-state index in [2.05, 4.69) is 0 Å². The van der Waals surface area contributed by atoms with Crippen molar-refractivity contribution in [1.82, 2.24) is 10.1 Å². The molecule has 7 nitrogen and oxygen atoms in total. The van der Waals surface area contributed by atoms with Crippen molar-refractivity contribution in [2.45, 2.75) is 25.7 Å². The zero-order valence-corrected chi connectivity index (χ0v) is 9.36. The third-order valence-electron chi connectivity index (χ3n) is 2.16. The molecule has 0 unspecified atom stereocenters. The summed E-state index contributed by atoms with van der Waals surface area (Å²) in [4.78, 5) is 0. The molecule has 0 spiro atoms. The molecule has 2 aliphatic heterocycles. The Balaban J connectivity index is 0.000000217. The maximum atomic E-state index is 8.56. The first-order valence-corrected chi connectivity index (χ1v) is 5.44. The van der Waals surface area contributed by atoms with E-state index < -0.39 is 7.32 Å². The molecule has 2 heterocycles. The van der Waals surface area contributed by atoms with Gasteiger partial charge in [-0.2, -0.15) is 10.1 Å². The number of hydroxylamine groups is 4. The highest BCUT2D eigenvalue weighted by Crippen LogP contribution is 2.02. The van der Waals surface area contributed by atoms with E-state index in [1.165, 1.54) is 10.1 Å². The second-order valence-corrected chi connectivity index (χ2v) is 3.67. The molecule has 0 saturated carbocycles. The molecule has 96 valence electrons. The Hall–Kier alpha value is -0.215. The van der Waals surface area contributed by atoms with Gasteiger partial charge in [-0.15, -0.1) is 0 Å². The molecule has 2 saturated heterocycles. The van der Waals surface area contributed by atoms with Gasteiger partial charge in [-0.05, 0) is 25.7 Å². The van der Waals surface area contributed by atoms with Crippen LogP contribution in [0.3, 0.4) is 0 Å². The van der Waals surface area contributed by atoms with Crippen LogP contribution in [0, 0.1) is 0 Å². The number of rotatable bonds is 0. The molecule has 0 bridgehead atoms. The third-order valence-corrected chi connectivity index (χ3v) is 2.16. The fraction of sp³-hybridized carbons (Fsp3) is 1.00. The van der Waals surface area contributed by atoms with Crippen molar-refractivity contribution in [3.8, 4) is 0 Å². The standard InChI is InChI=1S/2C4H9NO.BH3O3/c2*6-5-3-1-2-4-5;2-1(3)4/h2*6H,1-4H2;2-4H. The summed E-state index contributed by atoms with van der Waals surface area (Å²) in [6.45, 7) is 3.50. The average molecular weight is 236 g/mol. The van der Waals surface area contributed by atoms with Gasteiger partial charge in [-0.1, -0.05) is 0 Å². The van der Waals surface area contributed by atoms with Crippen LogP contribution in [-0.2, 0) is 0 Å². The minimum absolute atomic E-state index is 0.875. The average Bonchev–Trinajstić information content (AvgIpc) is 2.78. The van der Waals surface area contributed by atoms with Crippen LogP contribution in [-0.4, -0.2) is 69.1 Å². The highest BCUT2D eigenvalue weighted by molar-refractivity contribution is 6.30. The van der Waals surface area contributed by atoms with Crippen LogP contribution in [0.5, 0.6) is 0 Å². The van der Waals surface area contributed by atoms with Gasteiger partial charge >= 0.3 is 7.32 Å². The van der Waals surface area contributed by atoms with E-state index in [4.69, 9.17) is 25.5 Å². The van der Waals surface area contributed by atoms with Gasteiger partial charge in [0.1, 0.15) is 0 Å². The van der Waals surface area contributed by atoms with Gasteiger partial charge in [0.25, 0.3) is 0 Å². The molecule has 0 aromatic carbocycles. The van der Waals surface area contributed by atoms with Crippen LogP contribution >= 0.6 is 0 Å². The lowest BCUT2D eigenvalue weighted by Gasteiger charge is -1.99. The van der Waals surface area contributed by atoms with Gasteiger partial charge in [0.15, 0.2) is 0 Å². The van der Waals surface area contributed by atoms with E-state index in [0.29, 0.717) is 0 Å². The largest absolute Gasteiger partial charge is 0.631 e. The van der Waals surface area contributed by atoms with Gasteiger partial charge < -0.3 is 25.5 Å². The first kappa shape index (κ1) is 15.8. The molecular formula is C8H21BN2O5. The van der Waals surface area contributed by atoms with Gasteiger partial charge in [0.2, 0.25) is 0 Å². The van der Waals surface area contributed by atoms with Crippen LogP contribution in [0.15, 0.2) is 0 Å². The van der Waals surface area contributed by atoms with Gasteiger partial charge in [0.05, 0.1) is 0 Å². The first-order valence-electron chi connectivity index (χ1n) is 5.44. The molecule has 0 aliphatic carbocycles. The molecule has 0 amide bonds. The molecule has 0 radical (unpaired) electrons. The zero-order valence-electron chi connectivity index (χ0n) is 9.36. The normalized spacial score (nSPS) is 20.8. The van der Waals surface area contributed by atoms with Crippen molar-refractivity contribution in [3.63, 3.8) is 0 Å². The minimum atomic E-state index is -2.17. The predicted octanol–water partition coefficient (Wildman–Crippen LogP) is -1.11. The summed E-state index contributed by atoms with van der Waals surface area (Å²) in [7, 11) is -2.17. The van der Waals surface area contributed by atoms with Crippen LogP contribution in [0.1, 0.15) is 25.7 Å². The van der Waals surface area contributed by atoms with Gasteiger partial charge in [-0.25, -0.2) is 0 Å². The Morgan fingerprint density at radius 1 is 0.625 bits per heavy atom. The van der Waals surface area contributed by atoms with Crippen molar-refractivity contribution in [1.29, 1.82) is 0 Å². The van der Waals surface area contributed by atoms with Crippen molar-refractivity contribution in [2.24, 2.45) is 0 Å². The lowest BCUT2D eigenvalue weighted by Crippen LogP contribution is -2.11. The number of nitrogens with zero attached hydrogens (tertiary/aromatic N) is 2. The molecule has 0 aromatic heterocycles. The smallest absolute Gasteiger partial charge is 0.402 e. The van der Waals surface area contributed by atoms with E-state index >= 15 is 0 Å². The maximum Gasteiger partial charge on any atom is 0.631 e. The zero-order chi connectivity index (χ0) is 12.4. The Morgan fingerprint density at radius 2 is 0.812 bits per heavy atom. The first-order chi connectivity index (χ1) is 7.52. The van der Waals surface area contributed by atoms with Crippen LogP contribution in [0.4, 0.5) is 0 Å². The molecule has 0 atom stereocenters. The summed E-state index contributed by atoms with van der Waals surface area (Å²) in [6, 6.07) is 0. The summed E-state index contributed by atoms with van der Waals surface area (Å²) in [6.07, 6.45) is 4.65. The third kappa shape index (κ3) is 11.9. The molecule has 16 heavy (non-hydrogen) atoms. The fourth-order valence-electron chi connectivity index (χ4n) is 1.40. The topological polar surface area (TPSA) is 108 Å². The van der Waals surface area contributed by atoms with Crippen LogP contribution in [0.25, 0.3) is 0 Å².